The molecule has 0 aliphatic heterocycles. The van der Waals surface area contributed by atoms with Crippen LogP contribution in [0.5, 0.6) is 0 Å². The lowest BCUT2D eigenvalue weighted by molar-refractivity contribution is -0.137. The van der Waals surface area contributed by atoms with Gasteiger partial charge in [0.25, 0.3) is 0 Å². The van der Waals surface area contributed by atoms with Gasteiger partial charge in [-0.15, -0.1) is 22.7 Å². The summed E-state index contributed by atoms with van der Waals surface area (Å²) in [4.78, 5) is 12.7. The van der Waals surface area contributed by atoms with Gasteiger partial charge in [0, 0.05) is 36.5 Å². The van der Waals surface area contributed by atoms with Crippen molar-refractivity contribution < 1.29 is 13.2 Å². The van der Waals surface area contributed by atoms with E-state index >= 15 is 0 Å². The van der Waals surface area contributed by atoms with E-state index in [1.807, 2.05) is 35.7 Å². The molecule has 1 aromatic carbocycles. The predicted octanol–water partition coefficient (Wildman–Crippen LogP) is 9.49. The van der Waals surface area contributed by atoms with Gasteiger partial charge in [0.15, 0.2) is 5.13 Å². The first-order valence-electron chi connectivity index (χ1n) is 12.5. The van der Waals surface area contributed by atoms with E-state index in [4.69, 9.17) is 0 Å². The predicted molar refractivity (Wildman–Crippen MR) is 150 cm³/mol. The highest BCUT2D eigenvalue weighted by atomic mass is 32.1. The largest absolute Gasteiger partial charge is 0.418 e. The molecule has 0 spiro atoms. The van der Waals surface area contributed by atoms with E-state index in [9.17, 15) is 13.2 Å². The topological polar surface area (TPSA) is 41.0 Å². The highest BCUT2D eigenvalue weighted by molar-refractivity contribution is 7.19. The van der Waals surface area contributed by atoms with E-state index in [2.05, 4.69) is 22.2 Å². The van der Waals surface area contributed by atoms with Crippen LogP contribution >= 0.6 is 22.7 Å². The molecule has 0 radical (unpaired) electrons. The van der Waals surface area contributed by atoms with Crippen LogP contribution in [0.4, 0.5) is 29.7 Å². The van der Waals surface area contributed by atoms with Crippen LogP contribution in [0.1, 0.15) is 51.0 Å². The van der Waals surface area contributed by atoms with Gasteiger partial charge in [-0.25, -0.2) is 4.98 Å². The standard InChI is InChI=1S/C28H31F3N4S2/c1-3-4-5-6-7-10-17-35(2)24-13-12-20(18-21(24)28(29,30)31)33-27-34-23(19-36-27)26-15-14-25(37-26)22-11-8-9-16-32-22/h8-9,11-16,18-19H,3-7,10,17H2,1-2H3,(H,33,34). The van der Waals surface area contributed by atoms with Crippen molar-refractivity contribution in [2.75, 3.05) is 23.8 Å². The minimum absolute atomic E-state index is 0.201. The average Bonchev–Trinajstić information content (AvgIpc) is 3.56. The fourth-order valence-corrected chi connectivity index (χ4v) is 5.86. The van der Waals surface area contributed by atoms with Crippen LogP contribution in [-0.2, 0) is 6.18 Å². The number of pyridine rings is 1. The summed E-state index contributed by atoms with van der Waals surface area (Å²) in [5.74, 6) is 0. The smallest absolute Gasteiger partial charge is 0.374 e. The van der Waals surface area contributed by atoms with Crippen LogP contribution in [0, 0.1) is 0 Å². The molecule has 0 bridgehead atoms. The third-order valence-corrected chi connectivity index (χ3v) is 7.98. The third kappa shape index (κ3) is 7.32. The molecule has 0 aliphatic carbocycles. The number of unbranched alkanes of at least 4 members (excludes halogenated alkanes) is 5. The Balaban J connectivity index is 1.44. The van der Waals surface area contributed by atoms with Crippen molar-refractivity contribution in [3.05, 3.63) is 65.7 Å². The maximum Gasteiger partial charge on any atom is 0.418 e. The number of anilines is 3. The molecule has 1 N–H and O–H groups in total. The zero-order chi connectivity index (χ0) is 26.3. The number of hydrogen-bond acceptors (Lipinski definition) is 6. The summed E-state index contributed by atoms with van der Waals surface area (Å²) in [5.41, 5.74) is 1.61. The number of thiazole rings is 1. The number of rotatable bonds is 12. The Bertz CT molecular complexity index is 1270. The van der Waals surface area contributed by atoms with E-state index in [1.165, 1.54) is 36.7 Å². The van der Waals surface area contributed by atoms with Gasteiger partial charge in [-0.2, -0.15) is 13.2 Å². The molecule has 0 unspecified atom stereocenters. The molecule has 0 saturated carbocycles. The van der Waals surface area contributed by atoms with Crippen LogP contribution in [0.15, 0.2) is 60.1 Å². The summed E-state index contributed by atoms with van der Waals surface area (Å²) in [6.45, 7) is 2.76. The normalized spacial score (nSPS) is 11.6. The average molecular weight is 545 g/mol. The van der Waals surface area contributed by atoms with Crippen LogP contribution < -0.4 is 10.2 Å². The summed E-state index contributed by atoms with van der Waals surface area (Å²) >= 11 is 2.95. The van der Waals surface area contributed by atoms with Gasteiger partial charge in [0.2, 0.25) is 0 Å². The molecule has 0 fully saturated rings. The fourth-order valence-electron chi connectivity index (χ4n) is 4.11. The summed E-state index contributed by atoms with van der Waals surface area (Å²) in [7, 11) is 1.73. The lowest BCUT2D eigenvalue weighted by Gasteiger charge is -2.24. The van der Waals surface area contributed by atoms with Crippen molar-refractivity contribution in [2.24, 2.45) is 0 Å². The van der Waals surface area contributed by atoms with Gasteiger partial charge >= 0.3 is 6.18 Å². The molecular weight excluding hydrogens is 513 g/mol. The number of nitrogens with one attached hydrogen (secondary N) is 1. The number of benzene rings is 1. The summed E-state index contributed by atoms with van der Waals surface area (Å²) in [5, 5.41) is 5.52. The summed E-state index contributed by atoms with van der Waals surface area (Å²) in [6.07, 6.45) is 3.92. The van der Waals surface area contributed by atoms with Crippen molar-refractivity contribution in [1.82, 2.24) is 9.97 Å². The quantitative estimate of drug-likeness (QED) is 0.180. The Labute approximate surface area is 224 Å². The second-order valence-corrected chi connectivity index (χ2v) is 10.9. The number of thiophene rings is 1. The summed E-state index contributed by atoms with van der Waals surface area (Å²) < 4.78 is 41.9. The number of aromatic nitrogens is 2. The van der Waals surface area contributed by atoms with Crippen molar-refractivity contribution in [3.8, 4) is 21.1 Å². The molecule has 4 nitrogen and oxygen atoms in total. The first-order valence-corrected chi connectivity index (χ1v) is 14.2. The van der Waals surface area contributed by atoms with Crippen LogP contribution in [-0.4, -0.2) is 23.6 Å². The number of alkyl halides is 3. The Morgan fingerprint density at radius 2 is 1.68 bits per heavy atom. The maximum atomic E-state index is 14.0. The zero-order valence-corrected chi connectivity index (χ0v) is 22.6. The molecule has 0 amide bonds. The Hall–Kier alpha value is -2.91. The highest BCUT2D eigenvalue weighted by Crippen LogP contribution is 2.40. The van der Waals surface area contributed by atoms with Crippen LogP contribution in [0.25, 0.3) is 21.1 Å². The van der Waals surface area contributed by atoms with Gasteiger partial charge < -0.3 is 10.2 Å². The van der Waals surface area contributed by atoms with Crippen molar-refractivity contribution in [3.63, 3.8) is 0 Å². The van der Waals surface area contributed by atoms with Crippen molar-refractivity contribution >= 4 is 39.2 Å². The second kappa shape index (κ2) is 12.6. The van der Waals surface area contributed by atoms with E-state index in [1.54, 1.807) is 41.6 Å². The Morgan fingerprint density at radius 3 is 2.41 bits per heavy atom. The van der Waals surface area contributed by atoms with Gasteiger partial charge in [-0.05, 0) is 48.9 Å². The molecule has 0 atom stereocenters. The number of hydrogen-bond donors (Lipinski definition) is 1. The molecule has 4 aromatic rings. The van der Waals surface area contributed by atoms with Gasteiger partial charge in [-0.1, -0.05) is 45.1 Å². The van der Waals surface area contributed by atoms with Crippen molar-refractivity contribution in [1.29, 1.82) is 0 Å². The molecular formula is C28H31F3N4S2. The lowest BCUT2D eigenvalue weighted by atomic mass is 10.1. The van der Waals surface area contributed by atoms with Crippen LogP contribution in [0.2, 0.25) is 0 Å². The zero-order valence-electron chi connectivity index (χ0n) is 21.0. The Kier molecular flexibility index (Phi) is 9.21. The monoisotopic (exact) mass is 544 g/mol. The lowest BCUT2D eigenvalue weighted by Crippen LogP contribution is -2.22. The van der Waals surface area contributed by atoms with E-state index < -0.39 is 11.7 Å². The first kappa shape index (κ1) is 27.1. The maximum absolute atomic E-state index is 14.0. The van der Waals surface area contributed by atoms with E-state index in [-0.39, 0.29) is 5.69 Å². The molecule has 3 heterocycles. The highest BCUT2D eigenvalue weighted by Gasteiger charge is 2.34. The molecule has 196 valence electrons. The minimum atomic E-state index is -4.45. The van der Waals surface area contributed by atoms with Gasteiger partial charge in [0.05, 0.1) is 26.7 Å². The van der Waals surface area contributed by atoms with Crippen LogP contribution in [0.3, 0.4) is 0 Å². The van der Waals surface area contributed by atoms with E-state index in [0.29, 0.717) is 17.4 Å². The molecule has 0 saturated heterocycles. The molecule has 0 aliphatic rings. The fraction of sp³-hybridized carbons (Fsp3) is 0.357. The molecule has 4 rings (SSSR count). The molecule has 3 aromatic heterocycles. The molecule has 37 heavy (non-hydrogen) atoms. The van der Waals surface area contributed by atoms with E-state index in [0.717, 1.165) is 40.4 Å². The number of nitrogens with zero attached hydrogens (tertiary/aromatic N) is 3. The Morgan fingerprint density at radius 1 is 0.919 bits per heavy atom. The van der Waals surface area contributed by atoms with Gasteiger partial charge in [0.1, 0.15) is 0 Å². The molecule has 9 heteroatoms. The van der Waals surface area contributed by atoms with Crippen molar-refractivity contribution in [2.45, 2.75) is 51.6 Å². The summed E-state index contributed by atoms with van der Waals surface area (Å²) in [6, 6.07) is 14.2. The first-order chi connectivity index (χ1) is 17.8. The third-order valence-electron chi connectivity index (χ3n) is 6.09. The van der Waals surface area contributed by atoms with Gasteiger partial charge in [-0.3, -0.25) is 4.98 Å². The minimum Gasteiger partial charge on any atom is -0.374 e. The second-order valence-electron chi connectivity index (χ2n) is 8.96. The SMILES string of the molecule is CCCCCCCCN(C)c1ccc(Nc2nc(-c3ccc(-c4ccccn4)s3)cs2)cc1C(F)(F)F. The number of halogens is 3.